The Hall–Kier alpha value is -3.80. The molecule has 7 atom stereocenters. The molecule has 4 heterocycles. The predicted octanol–water partition coefficient (Wildman–Crippen LogP) is 3.66. The van der Waals surface area contributed by atoms with Crippen molar-refractivity contribution in [2.24, 2.45) is 17.8 Å². The highest BCUT2D eigenvalue weighted by molar-refractivity contribution is 9.11. The van der Waals surface area contributed by atoms with Crippen LogP contribution in [-0.4, -0.2) is 82.1 Å². The van der Waals surface area contributed by atoms with Crippen LogP contribution in [0.5, 0.6) is 0 Å². The zero-order valence-corrected chi connectivity index (χ0v) is 28.0. The number of aliphatic hydroxyl groups excluding tert-OH is 1. The first-order valence-electron chi connectivity index (χ1n) is 16.1. The number of nitrogens with one attached hydrogen (secondary N) is 1. The monoisotopic (exact) mass is 705 g/mol. The van der Waals surface area contributed by atoms with Crippen molar-refractivity contribution in [2.45, 2.75) is 63.1 Å². The number of benzene rings is 2. The zero-order valence-electron chi connectivity index (χ0n) is 26.5. The molecule has 0 unspecified atom stereocenters. The van der Waals surface area contributed by atoms with E-state index in [2.05, 4.69) is 21.2 Å². The van der Waals surface area contributed by atoms with Gasteiger partial charge in [-0.25, -0.2) is 0 Å². The van der Waals surface area contributed by atoms with Gasteiger partial charge in [0.2, 0.25) is 17.7 Å². The van der Waals surface area contributed by atoms with Gasteiger partial charge in [-0.1, -0.05) is 103 Å². The first kappa shape index (κ1) is 33.1. The van der Waals surface area contributed by atoms with Gasteiger partial charge in [0.25, 0.3) is 0 Å². The number of aliphatic hydroxyl groups is 1. The SMILES string of the molecule is CC(C)[C@H](CO)N1C(=O)[C@H]2[C@@H]3C(=O)N[C@H](c4ccccc4)COC(=O)CC/C=C\CN(Cc4ccccc4)C(=O)[C@H]1[C@@]21C=C(Br)[C@@H]3O1. The van der Waals surface area contributed by atoms with E-state index in [4.69, 9.17) is 9.47 Å². The van der Waals surface area contributed by atoms with E-state index in [1.54, 1.807) is 11.0 Å². The van der Waals surface area contributed by atoms with Crippen molar-refractivity contribution >= 4 is 39.6 Å². The average Bonchev–Trinajstić information content (AvgIpc) is 3.66. The number of cyclic esters (lactones) is 1. The highest BCUT2D eigenvalue weighted by Gasteiger charge is 2.75. The molecule has 0 aromatic heterocycles. The van der Waals surface area contributed by atoms with Crippen LogP contribution in [0.15, 0.2) is 83.4 Å². The highest BCUT2D eigenvalue weighted by Crippen LogP contribution is 2.59. The maximum atomic E-state index is 14.9. The molecule has 1 spiro atoms. The third-order valence-corrected chi connectivity index (χ3v) is 10.4. The van der Waals surface area contributed by atoms with Crippen molar-refractivity contribution in [1.29, 1.82) is 0 Å². The van der Waals surface area contributed by atoms with E-state index < -0.39 is 59.5 Å². The molecule has 4 aliphatic heterocycles. The number of amides is 3. The minimum absolute atomic E-state index is 0.0880. The summed E-state index contributed by atoms with van der Waals surface area (Å²) in [4.78, 5) is 59.7. The van der Waals surface area contributed by atoms with Gasteiger partial charge in [-0.3, -0.25) is 19.2 Å². The van der Waals surface area contributed by atoms with Gasteiger partial charge in [-0.05, 0) is 29.5 Å². The van der Waals surface area contributed by atoms with Gasteiger partial charge >= 0.3 is 5.97 Å². The summed E-state index contributed by atoms with van der Waals surface area (Å²) in [6.07, 6.45) is 5.20. The molecule has 2 aromatic carbocycles. The molecule has 2 saturated heterocycles. The largest absolute Gasteiger partial charge is 0.463 e. The van der Waals surface area contributed by atoms with Gasteiger partial charge in [0.05, 0.1) is 30.5 Å². The van der Waals surface area contributed by atoms with Crippen LogP contribution >= 0.6 is 15.9 Å². The zero-order chi connectivity index (χ0) is 33.3. The van der Waals surface area contributed by atoms with E-state index in [1.165, 1.54) is 4.90 Å². The average molecular weight is 707 g/mol. The Bertz CT molecular complexity index is 1560. The second kappa shape index (κ2) is 13.7. The van der Waals surface area contributed by atoms with Gasteiger partial charge in [0.1, 0.15) is 24.4 Å². The van der Waals surface area contributed by atoms with Gasteiger partial charge < -0.3 is 29.7 Å². The number of carbonyl (C=O) groups is 4. The van der Waals surface area contributed by atoms with E-state index in [0.717, 1.165) is 11.1 Å². The molecule has 2 fully saturated rings. The summed E-state index contributed by atoms with van der Waals surface area (Å²) in [5.74, 6) is -3.80. The van der Waals surface area contributed by atoms with Crippen molar-refractivity contribution in [3.05, 3.63) is 94.5 Å². The van der Waals surface area contributed by atoms with Crippen LogP contribution in [-0.2, 0) is 35.2 Å². The first-order valence-corrected chi connectivity index (χ1v) is 16.9. The molecule has 0 aliphatic carbocycles. The van der Waals surface area contributed by atoms with Crippen molar-refractivity contribution in [3.63, 3.8) is 0 Å². The molecule has 10 nitrogen and oxygen atoms in total. The minimum atomic E-state index is -1.44. The topological polar surface area (TPSA) is 125 Å². The van der Waals surface area contributed by atoms with Crippen molar-refractivity contribution < 1.29 is 33.8 Å². The summed E-state index contributed by atoms with van der Waals surface area (Å²) in [6.45, 7) is 3.81. The van der Waals surface area contributed by atoms with Crippen molar-refractivity contribution in [3.8, 4) is 0 Å². The number of likely N-dealkylation sites (tertiary alicyclic amines) is 1. The van der Waals surface area contributed by atoms with E-state index >= 15 is 0 Å². The number of rotatable bonds is 6. The number of carbonyl (C=O) groups excluding carboxylic acids is 4. The van der Waals surface area contributed by atoms with Gasteiger partial charge in [0.15, 0.2) is 0 Å². The molecule has 0 saturated carbocycles. The van der Waals surface area contributed by atoms with Gasteiger partial charge in [-0.2, -0.15) is 0 Å². The fourth-order valence-electron chi connectivity index (χ4n) is 7.37. The third-order valence-electron chi connectivity index (χ3n) is 9.68. The standard InChI is InChI=1S/C36H40BrN3O7/c1-22(2)27(20-41)40-32-35(45)39(19-23-12-6-3-7-13-23)17-11-5-10-16-28(42)46-21-26(24-14-8-4-9-15-24)38-33(43)29-30(34(40)44)36(32)18-25(37)31(29)47-36/h3-9,11-15,18,22,26-27,29-32,41H,10,16-17,19-21H2,1-2H3,(H,38,43)/b11-5-/t26-,27-,29-,30+,31-,32-,36+/m0/s1. The molecule has 2 aromatic rings. The summed E-state index contributed by atoms with van der Waals surface area (Å²) in [5.41, 5.74) is 0.196. The lowest BCUT2D eigenvalue weighted by molar-refractivity contribution is -0.152. The van der Waals surface area contributed by atoms with Crippen LogP contribution in [0.2, 0.25) is 0 Å². The summed E-state index contributed by atoms with van der Waals surface area (Å²) < 4.78 is 12.9. The number of nitrogens with zero attached hydrogens (tertiary/aromatic N) is 2. The second-order valence-corrected chi connectivity index (χ2v) is 13.9. The molecular weight excluding hydrogens is 666 g/mol. The lowest BCUT2D eigenvalue weighted by Gasteiger charge is -2.40. The second-order valence-electron chi connectivity index (χ2n) is 12.9. The van der Waals surface area contributed by atoms with Crippen LogP contribution in [0.25, 0.3) is 0 Å². The molecular formula is C36H40BrN3O7. The molecule has 4 aliphatic rings. The Labute approximate surface area is 282 Å². The molecule has 6 rings (SSSR count). The Kier molecular flexibility index (Phi) is 9.68. The summed E-state index contributed by atoms with van der Waals surface area (Å²) >= 11 is 3.61. The number of halogens is 1. The molecule has 5 bridgehead atoms. The van der Waals surface area contributed by atoms with Crippen LogP contribution in [0.3, 0.4) is 0 Å². The lowest BCUT2D eigenvalue weighted by atomic mass is 9.74. The van der Waals surface area contributed by atoms with Crippen LogP contribution in [0.4, 0.5) is 0 Å². The van der Waals surface area contributed by atoms with Crippen LogP contribution < -0.4 is 5.32 Å². The van der Waals surface area contributed by atoms with E-state index in [-0.39, 0.29) is 44.5 Å². The molecule has 11 heteroatoms. The molecule has 47 heavy (non-hydrogen) atoms. The smallest absolute Gasteiger partial charge is 0.306 e. The summed E-state index contributed by atoms with van der Waals surface area (Å²) in [7, 11) is 0. The summed E-state index contributed by atoms with van der Waals surface area (Å²) in [5, 5.41) is 13.6. The highest BCUT2D eigenvalue weighted by atomic mass is 79.9. The van der Waals surface area contributed by atoms with E-state index in [9.17, 15) is 24.3 Å². The number of allylic oxidation sites excluding steroid dienone is 1. The lowest BCUT2D eigenvalue weighted by Crippen LogP contribution is -2.59. The number of hydrogen-bond acceptors (Lipinski definition) is 7. The fourth-order valence-corrected chi connectivity index (χ4v) is 8.10. The molecule has 3 amide bonds. The Balaban J connectivity index is 1.46. The maximum Gasteiger partial charge on any atom is 0.306 e. The first-order chi connectivity index (χ1) is 22.7. The normalized spacial score (nSPS) is 31.0. The number of esters is 1. The Morgan fingerprint density at radius 2 is 1.70 bits per heavy atom. The van der Waals surface area contributed by atoms with Crippen LogP contribution in [0, 0.1) is 17.8 Å². The summed E-state index contributed by atoms with van der Waals surface area (Å²) in [6, 6.07) is 16.3. The number of ether oxygens (including phenoxy) is 2. The molecule has 248 valence electrons. The van der Waals surface area contributed by atoms with Crippen molar-refractivity contribution in [2.75, 3.05) is 19.8 Å². The van der Waals surface area contributed by atoms with Gasteiger partial charge in [0, 0.05) is 24.0 Å². The minimum Gasteiger partial charge on any atom is -0.463 e. The predicted molar refractivity (Wildman–Crippen MR) is 176 cm³/mol. The Morgan fingerprint density at radius 1 is 1.00 bits per heavy atom. The quantitative estimate of drug-likeness (QED) is 0.347. The van der Waals surface area contributed by atoms with Crippen molar-refractivity contribution in [1.82, 2.24) is 15.1 Å². The van der Waals surface area contributed by atoms with E-state index in [0.29, 0.717) is 10.9 Å². The number of fused-ring (bicyclic) bond motifs is 2. The molecule has 2 N–H and O–H groups in total. The molecule has 0 radical (unpaired) electrons. The van der Waals surface area contributed by atoms with Crippen LogP contribution in [0.1, 0.15) is 43.9 Å². The number of hydrogen-bond donors (Lipinski definition) is 2. The Morgan fingerprint density at radius 3 is 2.38 bits per heavy atom. The van der Waals surface area contributed by atoms with E-state index in [1.807, 2.05) is 86.7 Å². The third kappa shape index (κ3) is 6.16. The fraction of sp³-hybridized carbons (Fsp3) is 0.444. The maximum absolute atomic E-state index is 14.9. The van der Waals surface area contributed by atoms with Gasteiger partial charge in [-0.15, -0.1) is 0 Å².